The van der Waals surface area contributed by atoms with Crippen molar-refractivity contribution in [3.8, 4) is 0 Å². The maximum atomic E-state index is 12.4. The lowest BCUT2D eigenvalue weighted by molar-refractivity contribution is 0.102. The lowest BCUT2D eigenvalue weighted by Gasteiger charge is -2.08. The van der Waals surface area contributed by atoms with Crippen molar-refractivity contribution in [1.82, 2.24) is 14.6 Å². The summed E-state index contributed by atoms with van der Waals surface area (Å²) >= 11 is 5.98. The van der Waals surface area contributed by atoms with Gasteiger partial charge in [0.25, 0.3) is 5.91 Å². The Morgan fingerprint density at radius 3 is 2.91 bits per heavy atom. The minimum atomic E-state index is -0.265. The molecule has 0 atom stereocenters. The maximum Gasteiger partial charge on any atom is 0.276 e. The highest BCUT2D eigenvalue weighted by Crippen LogP contribution is 2.39. The van der Waals surface area contributed by atoms with Crippen molar-refractivity contribution in [2.75, 3.05) is 5.32 Å². The van der Waals surface area contributed by atoms with Gasteiger partial charge in [-0.2, -0.15) is 5.10 Å². The van der Waals surface area contributed by atoms with Crippen molar-refractivity contribution in [2.24, 2.45) is 0 Å². The number of nitrogens with one attached hydrogen (secondary N) is 1. The van der Waals surface area contributed by atoms with Gasteiger partial charge >= 0.3 is 0 Å². The van der Waals surface area contributed by atoms with Crippen molar-refractivity contribution >= 4 is 28.8 Å². The fourth-order valence-corrected chi connectivity index (χ4v) is 2.68. The summed E-state index contributed by atoms with van der Waals surface area (Å²) in [5, 5.41) is 7.80. The Morgan fingerprint density at radius 2 is 2.13 bits per heavy atom. The van der Waals surface area contributed by atoms with Gasteiger partial charge < -0.3 is 5.32 Å². The Labute approximate surface area is 138 Å². The van der Waals surface area contributed by atoms with Crippen LogP contribution in [0.15, 0.2) is 36.5 Å². The number of aromatic nitrogens is 3. The van der Waals surface area contributed by atoms with Crippen LogP contribution >= 0.6 is 11.6 Å². The maximum absolute atomic E-state index is 12.4. The number of fused-ring (bicyclic) bond motifs is 1. The SMILES string of the molecule is Cc1ccc(Cl)cc1NC(=O)c1ccc2nc(C3CC3)cn2n1. The Morgan fingerprint density at radius 1 is 1.30 bits per heavy atom. The van der Waals surface area contributed by atoms with Crippen LogP contribution in [-0.4, -0.2) is 20.5 Å². The second kappa shape index (κ2) is 5.35. The molecule has 1 aliphatic rings. The second-order valence-electron chi connectivity index (χ2n) is 5.87. The summed E-state index contributed by atoms with van der Waals surface area (Å²) in [6.45, 7) is 1.92. The predicted molar refractivity (Wildman–Crippen MR) is 89.1 cm³/mol. The van der Waals surface area contributed by atoms with Gasteiger partial charge in [0.15, 0.2) is 5.65 Å². The Kier molecular flexibility index (Phi) is 3.31. The van der Waals surface area contributed by atoms with Crippen molar-refractivity contribution < 1.29 is 4.79 Å². The van der Waals surface area contributed by atoms with Crippen LogP contribution in [0.25, 0.3) is 5.65 Å². The van der Waals surface area contributed by atoms with E-state index in [1.807, 2.05) is 25.3 Å². The van der Waals surface area contributed by atoms with Crippen molar-refractivity contribution in [3.05, 3.63) is 58.5 Å². The van der Waals surface area contributed by atoms with E-state index in [9.17, 15) is 4.79 Å². The van der Waals surface area contributed by atoms with Crippen molar-refractivity contribution in [1.29, 1.82) is 0 Å². The summed E-state index contributed by atoms with van der Waals surface area (Å²) < 4.78 is 1.67. The molecule has 1 fully saturated rings. The number of nitrogens with zero attached hydrogens (tertiary/aromatic N) is 3. The van der Waals surface area contributed by atoms with E-state index in [4.69, 9.17) is 11.6 Å². The topological polar surface area (TPSA) is 59.3 Å². The first-order valence-corrected chi connectivity index (χ1v) is 7.92. The van der Waals surface area contributed by atoms with Crippen LogP contribution in [0.3, 0.4) is 0 Å². The van der Waals surface area contributed by atoms with Crippen molar-refractivity contribution in [3.63, 3.8) is 0 Å². The van der Waals surface area contributed by atoms with E-state index >= 15 is 0 Å². The van der Waals surface area contributed by atoms with E-state index < -0.39 is 0 Å². The van der Waals surface area contributed by atoms with Crippen LogP contribution in [0.1, 0.15) is 40.5 Å². The number of imidazole rings is 1. The van der Waals surface area contributed by atoms with Crippen LogP contribution in [-0.2, 0) is 0 Å². The third kappa shape index (κ3) is 2.80. The number of anilines is 1. The van der Waals surface area contributed by atoms with Gasteiger partial charge in [0.2, 0.25) is 0 Å². The molecule has 1 aromatic carbocycles. The zero-order valence-electron chi connectivity index (χ0n) is 12.6. The highest BCUT2D eigenvalue weighted by Gasteiger charge is 2.26. The standard InChI is InChI=1S/C17H15ClN4O/c1-10-2-5-12(18)8-14(10)20-17(23)13-6-7-16-19-15(11-3-4-11)9-22(16)21-13/h2,5-9,11H,3-4H2,1H3,(H,20,23). The van der Waals surface area contributed by atoms with Gasteiger partial charge in [-0.1, -0.05) is 17.7 Å². The van der Waals surface area contributed by atoms with Gasteiger partial charge in [-0.15, -0.1) is 0 Å². The lowest BCUT2D eigenvalue weighted by Crippen LogP contribution is -2.15. The number of hydrogen-bond acceptors (Lipinski definition) is 3. The highest BCUT2D eigenvalue weighted by atomic mass is 35.5. The molecule has 1 aliphatic carbocycles. The molecule has 4 rings (SSSR count). The number of hydrogen-bond donors (Lipinski definition) is 1. The lowest BCUT2D eigenvalue weighted by atomic mass is 10.2. The minimum absolute atomic E-state index is 0.265. The molecular formula is C17H15ClN4O. The third-order valence-electron chi connectivity index (χ3n) is 4.01. The van der Waals surface area contributed by atoms with Crippen LogP contribution in [0.2, 0.25) is 5.02 Å². The summed E-state index contributed by atoms with van der Waals surface area (Å²) in [5.74, 6) is 0.294. The normalized spacial score (nSPS) is 14.2. The van der Waals surface area contributed by atoms with E-state index in [1.54, 1.807) is 22.7 Å². The molecule has 0 radical (unpaired) electrons. The molecule has 6 heteroatoms. The van der Waals surface area contributed by atoms with Gasteiger partial charge in [0.05, 0.1) is 11.9 Å². The van der Waals surface area contributed by atoms with E-state index in [2.05, 4.69) is 15.4 Å². The number of aryl methyl sites for hydroxylation is 1. The van der Waals surface area contributed by atoms with Gasteiger partial charge in [0, 0.05) is 16.6 Å². The van der Waals surface area contributed by atoms with Crippen LogP contribution in [0.4, 0.5) is 5.69 Å². The first kappa shape index (κ1) is 14.2. The van der Waals surface area contributed by atoms with E-state index in [-0.39, 0.29) is 5.91 Å². The first-order valence-electron chi connectivity index (χ1n) is 7.54. The van der Waals surface area contributed by atoms with E-state index in [1.165, 1.54) is 12.8 Å². The molecule has 1 amide bonds. The zero-order chi connectivity index (χ0) is 16.0. The minimum Gasteiger partial charge on any atom is -0.320 e. The van der Waals surface area contributed by atoms with Crippen molar-refractivity contribution in [2.45, 2.75) is 25.7 Å². The molecule has 1 saturated carbocycles. The largest absolute Gasteiger partial charge is 0.320 e. The smallest absolute Gasteiger partial charge is 0.276 e. The molecule has 0 unspecified atom stereocenters. The summed E-state index contributed by atoms with van der Waals surface area (Å²) in [5.41, 5.74) is 3.80. The van der Waals surface area contributed by atoms with Crippen LogP contribution in [0, 0.1) is 6.92 Å². The second-order valence-corrected chi connectivity index (χ2v) is 6.31. The highest BCUT2D eigenvalue weighted by molar-refractivity contribution is 6.31. The summed E-state index contributed by atoms with van der Waals surface area (Å²) in [4.78, 5) is 17.0. The monoisotopic (exact) mass is 326 g/mol. The Bertz CT molecular complexity index is 914. The first-order chi connectivity index (χ1) is 11.1. The number of rotatable bonds is 3. The Balaban J connectivity index is 1.62. The van der Waals surface area contributed by atoms with Gasteiger partial charge in [-0.3, -0.25) is 4.79 Å². The molecule has 0 aliphatic heterocycles. The molecule has 2 aromatic heterocycles. The number of benzene rings is 1. The van der Waals surface area contributed by atoms with Crippen LogP contribution in [0.5, 0.6) is 0 Å². The third-order valence-corrected chi connectivity index (χ3v) is 4.25. The molecule has 0 bridgehead atoms. The van der Waals surface area contributed by atoms with Gasteiger partial charge in [0.1, 0.15) is 5.69 Å². The average molecular weight is 327 g/mol. The summed E-state index contributed by atoms with van der Waals surface area (Å²) in [6, 6.07) is 8.90. The molecule has 1 N–H and O–H groups in total. The molecular weight excluding hydrogens is 312 g/mol. The Hall–Kier alpha value is -2.40. The molecule has 116 valence electrons. The molecule has 23 heavy (non-hydrogen) atoms. The van der Waals surface area contributed by atoms with E-state index in [0.717, 1.165) is 16.9 Å². The molecule has 0 spiro atoms. The molecule has 2 heterocycles. The molecule has 0 saturated heterocycles. The quantitative estimate of drug-likeness (QED) is 0.796. The summed E-state index contributed by atoms with van der Waals surface area (Å²) in [6.07, 6.45) is 4.28. The fourth-order valence-electron chi connectivity index (χ4n) is 2.51. The predicted octanol–water partition coefficient (Wildman–Crippen LogP) is 3.82. The number of halogens is 1. The summed E-state index contributed by atoms with van der Waals surface area (Å²) in [7, 11) is 0. The molecule has 5 nitrogen and oxygen atoms in total. The average Bonchev–Trinajstić information content (AvgIpc) is 3.29. The number of carbonyl (C=O) groups excluding carboxylic acids is 1. The number of amides is 1. The zero-order valence-corrected chi connectivity index (χ0v) is 13.3. The van der Waals surface area contributed by atoms with E-state index in [0.29, 0.717) is 22.3 Å². The van der Waals surface area contributed by atoms with Crippen LogP contribution < -0.4 is 5.32 Å². The number of carbonyl (C=O) groups is 1. The van der Waals surface area contributed by atoms with Gasteiger partial charge in [-0.25, -0.2) is 9.50 Å². The fraction of sp³-hybridized carbons (Fsp3) is 0.235. The van der Waals surface area contributed by atoms with Gasteiger partial charge in [-0.05, 0) is 49.6 Å². The molecule has 3 aromatic rings.